The van der Waals surface area contributed by atoms with E-state index in [-0.39, 0.29) is 29.0 Å². The molecule has 1 aromatic carbocycles. The minimum absolute atomic E-state index is 0.0984. The second-order valence-electron chi connectivity index (χ2n) is 6.53. The van der Waals surface area contributed by atoms with Crippen LogP contribution in [0.25, 0.3) is 16.4 Å². The Hall–Kier alpha value is -2.89. The number of rotatable bonds is 6. The predicted molar refractivity (Wildman–Crippen MR) is 104 cm³/mol. The van der Waals surface area contributed by atoms with Crippen molar-refractivity contribution >= 4 is 17.3 Å². The van der Waals surface area contributed by atoms with E-state index < -0.39 is 17.6 Å². The monoisotopic (exact) mass is 436 g/mol. The van der Waals surface area contributed by atoms with E-state index in [0.717, 1.165) is 41.2 Å². The summed E-state index contributed by atoms with van der Waals surface area (Å²) in [6, 6.07) is 4.62. The molecule has 2 aromatic heterocycles. The second-order valence-corrected chi connectivity index (χ2v) is 7.37. The van der Waals surface area contributed by atoms with Gasteiger partial charge in [0.05, 0.1) is 18.9 Å². The van der Waals surface area contributed by atoms with Crippen LogP contribution in [0.3, 0.4) is 0 Å². The number of nitrogens with zero attached hydrogens (tertiary/aromatic N) is 4. The summed E-state index contributed by atoms with van der Waals surface area (Å²) in [7, 11) is 0. The number of ether oxygens (including phenoxy) is 2. The fraction of sp³-hybridized carbons (Fsp3) is 0.316. The Bertz CT molecular complexity index is 1050. The quantitative estimate of drug-likeness (QED) is 0.594. The number of hydrogen-bond donors (Lipinski definition) is 1. The predicted octanol–water partition coefficient (Wildman–Crippen LogP) is 2.47. The molecule has 3 heterocycles. The van der Waals surface area contributed by atoms with Gasteiger partial charge in [-0.1, -0.05) is 0 Å². The first kappa shape index (κ1) is 20.4. The number of aromatic hydroxyl groups is 1. The van der Waals surface area contributed by atoms with Gasteiger partial charge in [0.1, 0.15) is 6.61 Å². The Morgan fingerprint density at radius 2 is 2.03 bits per heavy atom. The number of hydrogen-bond acceptors (Lipinski definition) is 8. The molecule has 4 rings (SSSR count). The van der Waals surface area contributed by atoms with Crippen LogP contribution in [-0.2, 0) is 9.47 Å². The van der Waals surface area contributed by atoms with E-state index >= 15 is 0 Å². The zero-order chi connectivity index (χ0) is 21.1. The minimum Gasteiger partial charge on any atom is -0.493 e. The summed E-state index contributed by atoms with van der Waals surface area (Å²) in [6.07, 6.45) is 0. The molecular formula is C19H18F2N4O4S. The number of carbonyl (C=O) groups excluding carboxylic acids is 1. The van der Waals surface area contributed by atoms with Crippen molar-refractivity contribution in [1.82, 2.24) is 19.7 Å². The molecule has 0 atom stereocenters. The summed E-state index contributed by atoms with van der Waals surface area (Å²) in [6.45, 7) is 3.80. The molecule has 158 valence electrons. The van der Waals surface area contributed by atoms with Crippen LogP contribution in [0.5, 0.6) is 5.88 Å². The van der Waals surface area contributed by atoms with Crippen LogP contribution in [0.1, 0.15) is 10.5 Å². The first-order valence-corrected chi connectivity index (χ1v) is 10.1. The lowest BCUT2D eigenvalue weighted by atomic mass is 10.1. The van der Waals surface area contributed by atoms with Crippen LogP contribution in [0.4, 0.5) is 8.78 Å². The number of halogens is 2. The van der Waals surface area contributed by atoms with Gasteiger partial charge in [0, 0.05) is 36.6 Å². The molecule has 0 spiro atoms. The molecule has 0 radical (unpaired) electrons. The highest BCUT2D eigenvalue weighted by Gasteiger charge is 2.18. The number of carbonyl (C=O) groups is 1. The van der Waals surface area contributed by atoms with Crippen LogP contribution >= 0.6 is 11.3 Å². The SMILES string of the molecule is O=C(OCCN1CCOCC1)c1csc(-n2nc(-c3ccc(F)c(F)c3)cc2O)n1. The lowest BCUT2D eigenvalue weighted by Crippen LogP contribution is -2.38. The zero-order valence-corrected chi connectivity index (χ0v) is 16.6. The molecule has 1 saturated heterocycles. The molecule has 1 fully saturated rings. The minimum atomic E-state index is -1.02. The van der Waals surface area contributed by atoms with Gasteiger partial charge in [-0.15, -0.1) is 11.3 Å². The Labute approximate surface area is 174 Å². The molecular weight excluding hydrogens is 418 g/mol. The van der Waals surface area contributed by atoms with Crippen molar-refractivity contribution in [3.05, 3.63) is 47.0 Å². The van der Waals surface area contributed by atoms with Crippen LogP contribution in [0, 0.1) is 11.6 Å². The van der Waals surface area contributed by atoms with Crippen molar-refractivity contribution in [2.75, 3.05) is 39.5 Å². The summed E-state index contributed by atoms with van der Waals surface area (Å²) in [5.41, 5.74) is 0.625. The van der Waals surface area contributed by atoms with Crippen molar-refractivity contribution in [3.63, 3.8) is 0 Å². The maximum absolute atomic E-state index is 13.5. The molecule has 0 bridgehead atoms. The van der Waals surface area contributed by atoms with Crippen LogP contribution in [0.15, 0.2) is 29.6 Å². The lowest BCUT2D eigenvalue weighted by molar-refractivity contribution is 0.0193. The fourth-order valence-corrected chi connectivity index (χ4v) is 3.68. The molecule has 0 aliphatic carbocycles. The third-order valence-corrected chi connectivity index (χ3v) is 5.35. The van der Waals surface area contributed by atoms with E-state index in [1.54, 1.807) is 0 Å². The number of esters is 1. The Kier molecular flexibility index (Phi) is 6.02. The van der Waals surface area contributed by atoms with Gasteiger partial charge in [-0.25, -0.2) is 18.6 Å². The molecule has 11 heteroatoms. The molecule has 8 nitrogen and oxygen atoms in total. The Balaban J connectivity index is 1.42. The van der Waals surface area contributed by atoms with Gasteiger partial charge >= 0.3 is 5.97 Å². The third kappa shape index (κ3) is 4.48. The van der Waals surface area contributed by atoms with Gasteiger partial charge in [-0.2, -0.15) is 9.78 Å². The molecule has 0 amide bonds. The first-order valence-electron chi connectivity index (χ1n) is 9.19. The van der Waals surface area contributed by atoms with Gasteiger partial charge in [0.2, 0.25) is 11.0 Å². The number of morpholine rings is 1. The standard InChI is InChI=1S/C19H18F2N4O4S/c20-13-2-1-12(9-14(13)21)15-10-17(26)25(23-15)19-22-16(11-30-19)18(27)29-8-5-24-3-6-28-7-4-24/h1-2,9-11,26H,3-8H2. The summed E-state index contributed by atoms with van der Waals surface area (Å²) < 4.78 is 38.2. The van der Waals surface area contributed by atoms with E-state index in [9.17, 15) is 18.7 Å². The van der Waals surface area contributed by atoms with Crippen molar-refractivity contribution in [3.8, 4) is 22.3 Å². The molecule has 0 unspecified atom stereocenters. The van der Waals surface area contributed by atoms with Crippen molar-refractivity contribution < 1.29 is 28.2 Å². The third-order valence-electron chi connectivity index (χ3n) is 4.53. The van der Waals surface area contributed by atoms with E-state index in [1.165, 1.54) is 17.5 Å². The summed E-state index contributed by atoms with van der Waals surface area (Å²) in [4.78, 5) is 18.5. The molecule has 1 aliphatic rings. The maximum Gasteiger partial charge on any atom is 0.357 e. The van der Waals surface area contributed by atoms with Crippen molar-refractivity contribution in [1.29, 1.82) is 0 Å². The Morgan fingerprint density at radius 1 is 1.23 bits per heavy atom. The van der Waals surface area contributed by atoms with E-state index in [2.05, 4.69) is 15.0 Å². The van der Waals surface area contributed by atoms with Crippen LogP contribution in [0.2, 0.25) is 0 Å². The largest absolute Gasteiger partial charge is 0.493 e. The summed E-state index contributed by atoms with van der Waals surface area (Å²) >= 11 is 1.09. The fourth-order valence-electron chi connectivity index (χ4n) is 2.93. The molecule has 0 saturated carbocycles. The average Bonchev–Trinajstić information content (AvgIpc) is 3.37. The van der Waals surface area contributed by atoms with Crippen LogP contribution in [-0.4, -0.2) is 70.2 Å². The molecule has 1 N–H and O–H groups in total. The number of aromatic nitrogens is 3. The smallest absolute Gasteiger partial charge is 0.357 e. The summed E-state index contributed by atoms with van der Waals surface area (Å²) in [5.74, 6) is -2.81. The normalized spacial score (nSPS) is 14.7. The Morgan fingerprint density at radius 3 is 2.80 bits per heavy atom. The molecule has 3 aromatic rings. The highest BCUT2D eigenvalue weighted by Crippen LogP contribution is 2.27. The zero-order valence-electron chi connectivity index (χ0n) is 15.8. The van der Waals surface area contributed by atoms with Gasteiger partial charge in [0.15, 0.2) is 17.3 Å². The van der Waals surface area contributed by atoms with Gasteiger partial charge < -0.3 is 14.6 Å². The van der Waals surface area contributed by atoms with Crippen LogP contribution < -0.4 is 0 Å². The van der Waals surface area contributed by atoms with Crippen molar-refractivity contribution in [2.24, 2.45) is 0 Å². The average molecular weight is 436 g/mol. The number of benzene rings is 1. The highest BCUT2D eigenvalue weighted by molar-refractivity contribution is 7.12. The molecule has 1 aliphatic heterocycles. The second kappa shape index (κ2) is 8.86. The van der Waals surface area contributed by atoms with E-state index in [4.69, 9.17) is 9.47 Å². The molecule has 30 heavy (non-hydrogen) atoms. The highest BCUT2D eigenvalue weighted by atomic mass is 32.1. The number of thiazole rings is 1. The van der Waals surface area contributed by atoms with E-state index in [0.29, 0.717) is 25.3 Å². The first-order chi connectivity index (χ1) is 14.5. The van der Waals surface area contributed by atoms with Gasteiger partial charge in [-0.05, 0) is 18.2 Å². The van der Waals surface area contributed by atoms with Gasteiger partial charge in [-0.3, -0.25) is 4.90 Å². The van der Waals surface area contributed by atoms with Gasteiger partial charge in [0.25, 0.3) is 0 Å². The topological polar surface area (TPSA) is 89.7 Å². The summed E-state index contributed by atoms with van der Waals surface area (Å²) in [5, 5.41) is 16.1. The van der Waals surface area contributed by atoms with E-state index in [1.807, 2.05) is 0 Å². The maximum atomic E-state index is 13.5. The van der Waals surface area contributed by atoms with Crippen molar-refractivity contribution in [2.45, 2.75) is 0 Å². The lowest BCUT2D eigenvalue weighted by Gasteiger charge is -2.26.